The number of piperazine rings is 1. The van der Waals surface area contributed by atoms with Gasteiger partial charge in [0.2, 0.25) is 0 Å². The van der Waals surface area contributed by atoms with Crippen molar-refractivity contribution in [3.63, 3.8) is 0 Å². The molecule has 1 aliphatic rings. The van der Waals surface area contributed by atoms with Crippen LogP contribution in [-0.4, -0.2) is 48.3 Å². The summed E-state index contributed by atoms with van der Waals surface area (Å²) in [5.74, 6) is 0. The lowest BCUT2D eigenvalue weighted by molar-refractivity contribution is -0.385. The first-order valence-electron chi connectivity index (χ1n) is 5.75. The van der Waals surface area contributed by atoms with Crippen LogP contribution >= 0.6 is 0 Å². The minimum atomic E-state index is -3.68. The molecule has 2 heterocycles. The van der Waals surface area contributed by atoms with Crippen LogP contribution in [0.3, 0.4) is 0 Å². The van der Waals surface area contributed by atoms with Crippen molar-refractivity contribution in [3.8, 4) is 0 Å². The van der Waals surface area contributed by atoms with E-state index in [1.165, 1.54) is 10.4 Å². The van der Waals surface area contributed by atoms with E-state index >= 15 is 0 Å². The number of hydrogen-bond donors (Lipinski definition) is 1. The molecule has 0 amide bonds. The number of nitro groups is 1. The molecule has 0 radical (unpaired) electrons. The van der Waals surface area contributed by atoms with Crippen LogP contribution in [-0.2, 0) is 10.0 Å². The van der Waals surface area contributed by atoms with Gasteiger partial charge in [-0.25, -0.2) is 13.4 Å². The summed E-state index contributed by atoms with van der Waals surface area (Å²) in [5, 5.41) is 13.5. The highest BCUT2D eigenvalue weighted by molar-refractivity contribution is 7.89. The van der Waals surface area contributed by atoms with Gasteiger partial charge in [0.15, 0.2) is 5.03 Å². The summed E-state index contributed by atoms with van der Waals surface area (Å²) in [4.78, 5) is 13.6. The van der Waals surface area contributed by atoms with Crippen LogP contribution in [0.25, 0.3) is 0 Å². The van der Waals surface area contributed by atoms with E-state index < -0.39 is 14.9 Å². The molecule has 1 fully saturated rings. The van der Waals surface area contributed by atoms with E-state index in [0.29, 0.717) is 19.6 Å². The van der Waals surface area contributed by atoms with Gasteiger partial charge in [0.25, 0.3) is 15.7 Å². The molecule has 8 nitrogen and oxygen atoms in total. The van der Waals surface area contributed by atoms with E-state index in [1.54, 1.807) is 0 Å². The number of rotatable bonds is 3. The van der Waals surface area contributed by atoms with Crippen molar-refractivity contribution in [2.24, 2.45) is 0 Å². The van der Waals surface area contributed by atoms with Gasteiger partial charge >= 0.3 is 0 Å². The van der Waals surface area contributed by atoms with E-state index in [-0.39, 0.29) is 16.8 Å². The Labute approximate surface area is 110 Å². The van der Waals surface area contributed by atoms with Crippen molar-refractivity contribution in [2.75, 3.05) is 19.6 Å². The summed E-state index contributed by atoms with van der Waals surface area (Å²) in [6.45, 7) is 3.20. The summed E-state index contributed by atoms with van der Waals surface area (Å²) < 4.78 is 25.9. The van der Waals surface area contributed by atoms with Crippen molar-refractivity contribution >= 4 is 15.7 Å². The van der Waals surface area contributed by atoms with Gasteiger partial charge in [-0.2, -0.15) is 4.31 Å². The SMILES string of the molecule is C[C@@H]1CN(S(=O)(=O)c2ccc([N+](=O)[O-])cn2)CCN1. The Hall–Kier alpha value is -1.58. The van der Waals surface area contributed by atoms with Crippen molar-refractivity contribution in [2.45, 2.75) is 18.0 Å². The van der Waals surface area contributed by atoms with Crippen LogP contribution in [0.5, 0.6) is 0 Å². The zero-order valence-electron chi connectivity index (χ0n) is 10.3. The van der Waals surface area contributed by atoms with Crippen LogP contribution in [0, 0.1) is 10.1 Å². The van der Waals surface area contributed by atoms with Gasteiger partial charge in [-0.15, -0.1) is 0 Å². The Balaban J connectivity index is 2.26. The fourth-order valence-electron chi connectivity index (χ4n) is 1.88. The number of sulfonamides is 1. The molecule has 0 spiro atoms. The Kier molecular flexibility index (Phi) is 3.78. The molecule has 1 aromatic rings. The van der Waals surface area contributed by atoms with Crippen LogP contribution < -0.4 is 5.32 Å². The molecule has 0 aromatic carbocycles. The van der Waals surface area contributed by atoms with Crippen LogP contribution in [0.15, 0.2) is 23.4 Å². The van der Waals surface area contributed by atoms with Gasteiger partial charge in [-0.05, 0) is 13.0 Å². The van der Waals surface area contributed by atoms with E-state index in [9.17, 15) is 18.5 Å². The van der Waals surface area contributed by atoms with E-state index in [2.05, 4.69) is 10.3 Å². The Bertz CT molecular complexity index is 572. The summed E-state index contributed by atoms with van der Waals surface area (Å²) in [6.07, 6.45) is 0.957. The highest BCUT2D eigenvalue weighted by atomic mass is 32.2. The maximum Gasteiger partial charge on any atom is 0.287 e. The van der Waals surface area contributed by atoms with E-state index in [0.717, 1.165) is 12.3 Å². The summed E-state index contributed by atoms with van der Waals surface area (Å²) in [5.41, 5.74) is -0.229. The fourth-order valence-corrected chi connectivity index (χ4v) is 3.32. The Morgan fingerprint density at radius 1 is 1.53 bits per heavy atom. The molecule has 1 atom stereocenters. The van der Waals surface area contributed by atoms with Crippen molar-refractivity contribution in [1.82, 2.24) is 14.6 Å². The number of hydrogen-bond acceptors (Lipinski definition) is 6. The summed E-state index contributed by atoms with van der Waals surface area (Å²) in [6, 6.07) is 2.38. The second-order valence-corrected chi connectivity index (χ2v) is 6.21. The lowest BCUT2D eigenvalue weighted by Crippen LogP contribution is -2.51. The predicted octanol–water partition coefficient (Wildman–Crippen LogP) is -0.0278. The lowest BCUT2D eigenvalue weighted by Gasteiger charge is -2.30. The average Bonchev–Trinajstić information content (AvgIpc) is 2.39. The van der Waals surface area contributed by atoms with Gasteiger partial charge in [0.05, 0.1) is 4.92 Å². The lowest BCUT2D eigenvalue weighted by atomic mass is 10.3. The third-order valence-corrected chi connectivity index (χ3v) is 4.65. The first-order valence-corrected chi connectivity index (χ1v) is 7.19. The second-order valence-electron chi connectivity index (χ2n) is 4.33. The number of pyridine rings is 1. The Morgan fingerprint density at radius 3 is 2.79 bits per heavy atom. The third-order valence-electron chi connectivity index (χ3n) is 2.87. The first kappa shape index (κ1) is 13.8. The minimum Gasteiger partial charge on any atom is -0.312 e. The maximum absolute atomic E-state index is 12.3. The van der Waals surface area contributed by atoms with Gasteiger partial charge in [0.1, 0.15) is 6.20 Å². The summed E-state index contributed by atoms with van der Waals surface area (Å²) >= 11 is 0. The molecule has 104 valence electrons. The quantitative estimate of drug-likeness (QED) is 0.618. The van der Waals surface area contributed by atoms with E-state index in [4.69, 9.17) is 0 Å². The average molecular weight is 286 g/mol. The first-order chi connectivity index (χ1) is 8.91. The molecular formula is C10H14N4O4S. The largest absolute Gasteiger partial charge is 0.312 e. The topological polar surface area (TPSA) is 105 Å². The smallest absolute Gasteiger partial charge is 0.287 e. The van der Waals surface area contributed by atoms with Crippen LogP contribution in [0.4, 0.5) is 5.69 Å². The molecule has 1 aromatic heterocycles. The van der Waals surface area contributed by atoms with Crippen LogP contribution in [0.1, 0.15) is 6.92 Å². The molecule has 0 saturated carbocycles. The standard InChI is InChI=1S/C10H14N4O4S/c1-8-7-13(5-4-11-8)19(17,18)10-3-2-9(6-12-10)14(15)16/h2-3,6,8,11H,4-5,7H2,1H3/t8-/m1/s1. The number of nitrogens with zero attached hydrogens (tertiary/aromatic N) is 3. The number of aromatic nitrogens is 1. The molecule has 1 saturated heterocycles. The van der Waals surface area contributed by atoms with Crippen molar-refractivity contribution in [3.05, 3.63) is 28.4 Å². The summed E-state index contributed by atoms with van der Waals surface area (Å²) in [7, 11) is -3.68. The molecule has 0 unspecified atom stereocenters. The molecule has 2 rings (SSSR count). The van der Waals surface area contributed by atoms with Gasteiger partial charge in [-0.3, -0.25) is 10.1 Å². The van der Waals surface area contributed by atoms with Crippen LogP contribution in [0.2, 0.25) is 0 Å². The predicted molar refractivity (Wildman–Crippen MR) is 67.1 cm³/mol. The molecular weight excluding hydrogens is 272 g/mol. The van der Waals surface area contributed by atoms with Crippen molar-refractivity contribution < 1.29 is 13.3 Å². The second kappa shape index (κ2) is 5.19. The zero-order chi connectivity index (χ0) is 14.0. The van der Waals surface area contributed by atoms with E-state index in [1.807, 2.05) is 6.92 Å². The molecule has 19 heavy (non-hydrogen) atoms. The molecule has 9 heteroatoms. The molecule has 0 aliphatic carbocycles. The monoisotopic (exact) mass is 286 g/mol. The third kappa shape index (κ3) is 2.88. The normalized spacial score (nSPS) is 21.2. The maximum atomic E-state index is 12.3. The number of nitrogens with one attached hydrogen (secondary N) is 1. The molecule has 1 N–H and O–H groups in total. The van der Waals surface area contributed by atoms with Gasteiger partial charge in [-0.1, -0.05) is 0 Å². The molecule has 1 aliphatic heterocycles. The van der Waals surface area contributed by atoms with Gasteiger partial charge < -0.3 is 5.32 Å². The molecule has 0 bridgehead atoms. The zero-order valence-corrected chi connectivity index (χ0v) is 11.1. The fraction of sp³-hybridized carbons (Fsp3) is 0.500. The van der Waals surface area contributed by atoms with Crippen molar-refractivity contribution in [1.29, 1.82) is 0 Å². The highest BCUT2D eigenvalue weighted by Gasteiger charge is 2.29. The minimum absolute atomic E-state index is 0.0709. The highest BCUT2D eigenvalue weighted by Crippen LogP contribution is 2.17. The van der Waals surface area contributed by atoms with Gasteiger partial charge in [0, 0.05) is 31.7 Å². The Morgan fingerprint density at radius 2 is 2.26 bits per heavy atom.